The summed E-state index contributed by atoms with van der Waals surface area (Å²) in [6.07, 6.45) is -1.46. The maximum atomic E-state index is 13.1. The highest BCUT2D eigenvalue weighted by molar-refractivity contribution is 7.18. The highest BCUT2D eigenvalue weighted by Gasteiger charge is 2.36. The van der Waals surface area contributed by atoms with Gasteiger partial charge in [-0.15, -0.1) is 35.8 Å². The first-order chi connectivity index (χ1) is 20.2. The minimum Gasteiger partial charge on any atom is -0.465 e. The highest BCUT2D eigenvalue weighted by atomic mass is 32.1. The summed E-state index contributed by atoms with van der Waals surface area (Å²) < 4.78 is 60.3. The van der Waals surface area contributed by atoms with E-state index in [-0.39, 0.29) is 42.0 Å². The van der Waals surface area contributed by atoms with Crippen molar-refractivity contribution in [2.75, 3.05) is 18.6 Å². The number of thiazole rings is 1. The van der Waals surface area contributed by atoms with Crippen molar-refractivity contribution in [3.8, 4) is 27.6 Å². The summed E-state index contributed by atoms with van der Waals surface area (Å²) in [7, 11) is 1.36. The molecule has 3 aromatic heterocycles. The van der Waals surface area contributed by atoms with Gasteiger partial charge in [0.2, 0.25) is 0 Å². The van der Waals surface area contributed by atoms with Crippen LogP contribution in [0.25, 0.3) is 21.8 Å². The number of esters is 1. The first-order valence-corrected chi connectivity index (χ1v) is 15.3. The quantitative estimate of drug-likeness (QED) is 0.177. The summed E-state index contributed by atoms with van der Waals surface area (Å²) in [5.41, 5.74) is 2.04. The van der Waals surface area contributed by atoms with Gasteiger partial charge in [0.25, 0.3) is 0 Å². The zero-order valence-corrected chi connectivity index (χ0v) is 24.5. The number of alkyl halides is 3. The van der Waals surface area contributed by atoms with Crippen molar-refractivity contribution in [3.63, 3.8) is 0 Å². The Morgan fingerprint density at radius 1 is 1.17 bits per heavy atom. The minimum atomic E-state index is -4.83. The van der Waals surface area contributed by atoms with Gasteiger partial charge in [0.1, 0.15) is 22.1 Å². The number of nitrogens with zero attached hydrogens (tertiary/aromatic N) is 3. The molecule has 4 aromatic rings. The number of benzene rings is 1. The summed E-state index contributed by atoms with van der Waals surface area (Å²) in [5, 5.41) is 7.07. The highest BCUT2D eigenvalue weighted by Crippen LogP contribution is 2.46. The van der Waals surface area contributed by atoms with Gasteiger partial charge in [-0.25, -0.2) is 9.78 Å². The van der Waals surface area contributed by atoms with Crippen LogP contribution in [0, 0.1) is 0 Å². The fourth-order valence-corrected chi connectivity index (χ4v) is 7.09. The second kappa shape index (κ2) is 11.7. The molecule has 0 spiro atoms. The number of anilines is 1. The Morgan fingerprint density at radius 3 is 2.71 bits per heavy atom. The summed E-state index contributed by atoms with van der Waals surface area (Å²) in [4.78, 5) is 20.3. The lowest BCUT2D eigenvalue weighted by Crippen LogP contribution is -2.43. The molecule has 13 heteroatoms. The third-order valence-corrected chi connectivity index (χ3v) is 9.37. The maximum Gasteiger partial charge on any atom is 0.573 e. The van der Waals surface area contributed by atoms with Gasteiger partial charge < -0.3 is 23.6 Å². The average molecular weight is 620 g/mol. The summed E-state index contributed by atoms with van der Waals surface area (Å²) in [6, 6.07) is 9.74. The standard InChI is InChI=1S/C29H28F3N3O5S2/c1-16-13-18(11-12-35(16)28-33-21(15-41-28)23-9-10-24(42-23)27(36)37-2)38-14-20-25(34-40-26(20)17-7-8-17)19-5-3-4-6-22(19)39-29(30,31)32/h3-6,9-10,15-18H,7-8,11-14H2,1-2H3/t16-,18-/m1/s1. The largest absolute Gasteiger partial charge is 0.573 e. The van der Waals surface area contributed by atoms with E-state index in [2.05, 4.69) is 21.7 Å². The van der Waals surface area contributed by atoms with Gasteiger partial charge in [0.15, 0.2) is 5.13 Å². The molecule has 2 atom stereocenters. The smallest absolute Gasteiger partial charge is 0.465 e. The van der Waals surface area contributed by atoms with Gasteiger partial charge in [-0.3, -0.25) is 0 Å². The van der Waals surface area contributed by atoms with Crippen molar-refractivity contribution < 1.29 is 36.7 Å². The van der Waals surface area contributed by atoms with Gasteiger partial charge in [-0.1, -0.05) is 17.3 Å². The third kappa shape index (κ3) is 6.18. The van der Waals surface area contributed by atoms with E-state index in [1.165, 1.54) is 30.6 Å². The lowest BCUT2D eigenvalue weighted by Gasteiger charge is -2.37. The van der Waals surface area contributed by atoms with E-state index in [9.17, 15) is 18.0 Å². The second-order valence-corrected chi connectivity index (χ2v) is 12.3. The van der Waals surface area contributed by atoms with E-state index in [4.69, 9.17) is 19.0 Å². The van der Waals surface area contributed by atoms with E-state index in [0.717, 1.165) is 47.9 Å². The van der Waals surface area contributed by atoms with E-state index in [1.54, 1.807) is 29.5 Å². The van der Waals surface area contributed by atoms with Gasteiger partial charge >= 0.3 is 12.3 Å². The molecule has 2 aliphatic rings. The summed E-state index contributed by atoms with van der Waals surface area (Å²) >= 11 is 2.91. The summed E-state index contributed by atoms with van der Waals surface area (Å²) in [6.45, 7) is 3.05. The molecule has 222 valence electrons. The van der Waals surface area contributed by atoms with Crippen LogP contribution in [0.4, 0.5) is 18.3 Å². The molecule has 0 amide bonds. The van der Waals surface area contributed by atoms with Crippen LogP contribution < -0.4 is 9.64 Å². The molecule has 0 bridgehead atoms. The van der Waals surface area contributed by atoms with Crippen LogP contribution in [0.1, 0.15) is 59.5 Å². The van der Waals surface area contributed by atoms with E-state index < -0.39 is 6.36 Å². The molecule has 42 heavy (non-hydrogen) atoms. The average Bonchev–Trinajstić information content (AvgIpc) is 3.33. The van der Waals surface area contributed by atoms with Crippen LogP contribution in [0.2, 0.25) is 0 Å². The number of rotatable bonds is 9. The first-order valence-electron chi connectivity index (χ1n) is 13.6. The number of hydrogen-bond donors (Lipinski definition) is 0. The number of aromatic nitrogens is 2. The van der Waals surface area contributed by atoms with E-state index >= 15 is 0 Å². The topological polar surface area (TPSA) is 86.9 Å². The van der Waals surface area contributed by atoms with Gasteiger partial charge in [0, 0.05) is 35.0 Å². The predicted octanol–water partition coefficient (Wildman–Crippen LogP) is 7.66. The molecule has 2 fully saturated rings. The molecule has 6 rings (SSSR count). The molecule has 1 aliphatic carbocycles. The molecule has 0 N–H and O–H groups in total. The number of thiophene rings is 1. The zero-order chi connectivity index (χ0) is 29.4. The van der Waals surface area contributed by atoms with Crippen LogP contribution in [-0.2, 0) is 16.1 Å². The van der Waals surface area contributed by atoms with Gasteiger partial charge in [0.05, 0.1) is 30.4 Å². The van der Waals surface area contributed by atoms with Crippen LogP contribution in [0.3, 0.4) is 0 Å². The molecule has 1 saturated carbocycles. The minimum absolute atomic E-state index is 0.0490. The monoisotopic (exact) mass is 619 g/mol. The van der Waals surface area contributed by atoms with Crippen molar-refractivity contribution in [1.82, 2.24) is 10.1 Å². The Balaban J connectivity index is 1.13. The molecule has 1 saturated heterocycles. The number of carbonyl (C=O) groups excluding carboxylic acids is 1. The molecule has 8 nitrogen and oxygen atoms in total. The van der Waals surface area contributed by atoms with Crippen molar-refractivity contribution in [3.05, 3.63) is 58.0 Å². The number of carbonyl (C=O) groups is 1. The van der Waals surface area contributed by atoms with Crippen molar-refractivity contribution in [2.45, 2.75) is 63.6 Å². The Bertz CT molecular complexity index is 1560. The van der Waals surface area contributed by atoms with E-state index in [0.29, 0.717) is 21.9 Å². The number of ether oxygens (including phenoxy) is 3. The fourth-order valence-electron chi connectivity index (χ4n) is 5.18. The van der Waals surface area contributed by atoms with Crippen LogP contribution in [-0.4, -0.2) is 48.3 Å². The van der Waals surface area contributed by atoms with Crippen LogP contribution >= 0.6 is 22.7 Å². The molecule has 0 unspecified atom stereocenters. The predicted molar refractivity (Wildman–Crippen MR) is 152 cm³/mol. The Hall–Kier alpha value is -3.42. The van der Waals surface area contributed by atoms with Gasteiger partial charge in [-0.05, 0) is 56.9 Å². The van der Waals surface area contributed by atoms with Crippen LogP contribution in [0.15, 0.2) is 46.3 Å². The summed E-state index contributed by atoms with van der Waals surface area (Å²) in [5.74, 6) is 0.193. The zero-order valence-electron chi connectivity index (χ0n) is 22.8. The number of hydrogen-bond acceptors (Lipinski definition) is 10. The fraction of sp³-hybridized carbons (Fsp3) is 0.414. The normalized spacial score (nSPS) is 19.2. The third-order valence-electron chi connectivity index (χ3n) is 7.41. The Labute approximate surface area is 248 Å². The maximum absolute atomic E-state index is 13.1. The molecule has 1 aromatic carbocycles. The van der Waals surface area contributed by atoms with E-state index in [1.807, 2.05) is 11.4 Å². The van der Waals surface area contributed by atoms with Crippen LogP contribution in [0.5, 0.6) is 5.75 Å². The van der Waals surface area contributed by atoms with Crippen molar-refractivity contribution in [1.29, 1.82) is 0 Å². The molecule has 1 aliphatic heterocycles. The van der Waals surface area contributed by atoms with Gasteiger partial charge in [-0.2, -0.15) is 0 Å². The second-order valence-electron chi connectivity index (χ2n) is 10.4. The first kappa shape index (κ1) is 28.7. The van der Waals surface area contributed by atoms with Crippen molar-refractivity contribution >= 4 is 33.8 Å². The SMILES string of the molecule is COC(=O)c1ccc(-c2csc(N3CC[C@@H](OCc4c(-c5ccccc5OC(F)(F)F)noc4C4CC4)C[C@H]3C)n2)s1. The lowest BCUT2D eigenvalue weighted by atomic mass is 10.0. The van der Waals surface area contributed by atoms with Crippen molar-refractivity contribution in [2.24, 2.45) is 0 Å². The Morgan fingerprint density at radius 2 is 1.98 bits per heavy atom. The molecule has 4 heterocycles. The Kier molecular flexibility index (Phi) is 7.99. The molecular weight excluding hydrogens is 591 g/mol. The number of piperidine rings is 1. The number of para-hydroxylation sites is 1. The lowest BCUT2D eigenvalue weighted by molar-refractivity contribution is -0.274. The molecule has 0 radical (unpaired) electrons. The molecular formula is C29H28F3N3O5S2. The number of halogens is 3. The number of methoxy groups -OCH3 is 1.